The first-order valence-electron chi connectivity index (χ1n) is 9.69. The second kappa shape index (κ2) is 10.1. The number of hydrogen-bond acceptors (Lipinski definition) is 6. The van der Waals surface area contributed by atoms with Crippen LogP contribution in [0.15, 0.2) is 23.4 Å². The highest BCUT2D eigenvalue weighted by atomic mass is 32.2. The third-order valence-corrected chi connectivity index (χ3v) is 6.01. The Labute approximate surface area is 165 Å². The Morgan fingerprint density at radius 2 is 2.04 bits per heavy atom. The second-order valence-corrected chi connectivity index (χ2v) is 8.08. The molecule has 27 heavy (non-hydrogen) atoms. The number of piperazine rings is 1. The van der Waals surface area contributed by atoms with E-state index in [-0.39, 0.29) is 11.8 Å². The van der Waals surface area contributed by atoms with Gasteiger partial charge in [-0.25, -0.2) is 4.98 Å². The van der Waals surface area contributed by atoms with E-state index in [2.05, 4.69) is 27.1 Å². The van der Waals surface area contributed by atoms with E-state index in [0.717, 1.165) is 56.4 Å². The van der Waals surface area contributed by atoms with Gasteiger partial charge in [-0.05, 0) is 38.6 Å². The quantitative estimate of drug-likeness (QED) is 0.668. The number of nitrogens with zero attached hydrogens (tertiary/aromatic N) is 4. The van der Waals surface area contributed by atoms with E-state index < -0.39 is 0 Å². The van der Waals surface area contributed by atoms with E-state index in [9.17, 15) is 9.59 Å². The minimum atomic E-state index is 0.0682. The first-order valence-corrected chi connectivity index (χ1v) is 10.7. The average molecular weight is 392 g/mol. The van der Waals surface area contributed by atoms with Gasteiger partial charge in [-0.1, -0.05) is 11.8 Å². The molecule has 0 unspecified atom stereocenters. The van der Waals surface area contributed by atoms with Gasteiger partial charge >= 0.3 is 0 Å². The van der Waals surface area contributed by atoms with E-state index in [0.29, 0.717) is 25.1 Å². The molecule has 3 rings (SSSR count). The number of carbonyl (C=O) groups excluding carboxylic acids is 2. The molecular weight excluding hydrogens is 362 g/mol. The Balaban J connectivity index is 1.31. The number of amides is 2. The number of rotatable bonds is 8. The molecule has 1 aromatic heterocycles. The maximum absolute atomic E-state index is 12.2. The zero-order valence-corrected chi connectivity index (χ0v) is 16.8. The van der Waals surface area contributed by atoms with Crippen LogP contribution in [0, 0.1) is 0 Å². The number of pyridine rings is 1. The van der Waals surface area contributed by atoms with Crippen molar-refractivity contribution in [1.82, 2.24) is 20.1 Å². The summed E-state index contributed by atoms with van der Waals surface area (Å²) in [6.07, 6.45) is 3.84. The largest absolute Gasteiger partial charge is 0.356 e. The standard InChI is InChI=1S/C19H29N5O2S/c1-22-11-13-23(14-12-22)9-4-8-20-17(25)6-3-10-24-16-5-2-7-21-19(16)27-15-18(24)26/h2,5,7H,3-4,6,8-15H2,1H3,(H,20,25). The molecule has 1 saturated heterocycles. The summed E-state index contributed by atoms with van der Waals surface area (Å²) < 4.78 is 0. The van der Waals surface area contributed by atoms with Crippen molar-refractivity contribution in [3.8, 4) is 0 Å². The van der Waals surface area contributed by atoms with Gasteiger partial charge in [0.1, 0.15) is 5.03 Å². The number of hydrogen-bond donors (Lipinski definition) is 1. The summed E-state index contributed by atoms with van der Waals surface area (Å²) in [7, 11) is 2.16. The molecule has 1 N–H and O–H groups in total. The van der Waals surface area contributed by atoms with Gasteiger partial charge in [-0.2, -0.15) is 0 Å². The molecular formula is C19H29N5O2S. The minimum Gasteiger partial charge on any atom is -0.356 e. The Kier molecular flexibility index (Phi) is 7.49. The number of likely N-dealkylation sites (N-methyl/N-ethyl adjacent to an activating group) is 1. The summed E-state index contributed by atoms with van der Waals surface area (Å²) in [4.78, 5) is 35.1. The summed E-state index contributed by atoms with van der Waals surface area (Å²) in [5.74, 6) is 0.578. The lowest BCUT2D eigenvalue weighted by Crippen LogP contribution is -2.45. The molecule has 7 nitrogen and oxygen atoms in total. The van der Waals surface area contributed by atoms with Crippen LogP contribution in [0.4, 0.5) is 5.69 Å². The SMILES string of the molecule is CN1CCN(CCCNC(=O)CCCN2C(=O)CSc3ncccc32)CC1. The molecule has 0 atom stereocenters. The molecule has 0 spiro atoms. The van der Waals surface area contributed by atoms with E-state index in [1.54, 1.807) is 11.1 Å². The lowest BCUT2D eigenvalue weighted by atomic mass is 10.2. The van der Waals surface area contributed by atoms with E-state index in [1.807, 2.05) is 12.1 Å². The van der Waals surface area contributed by atoms with Crippen molar-refractivity contribution in [2.75, 3.05) is 63.5 Å². The molecule has 1 fully saturated rings. The van der Waals surface area contributed by atoms with Crippen LogP contribution in [0.5, 0.6) is 0 Å². The van der Waals surface area contributed by atoms with Crippen molar-refractivity contribution in [3.63, 3.8) is 0 Å². The molecule has 0 radical (unpaired) electrons. The van der Waals surface area contributed by atoms with Gasteiger partial charge < -0.3 is 20.0 Å². The van der Waals surface area contributed by atoms with E-state index in [4.69, 9.17) is 0 Å². The number of carbonyl (C=O) groups is 2. The van der Waals surface area contributed by atoms with Crippen LogP contribution in [0.25, 0.3) is 0 Å². The normalized spacial score (nSPS) is 18.4. The lowest BCUT2D eigenvalue weighted by Gasteiger charge is -2.32. The molecule has 148 valence electrons. The third kappa shape index (κ3) is 5.92. The Bertz CT molecular complexity index is 649. The van der Waals surface area contributed by atoms with Crippen molar-refractivity contribution in [1.29, 1.82) is 0 Å². The van der Waals surface area contributed by atoms with Crippen LogP contribution in [0.3, 0.4) is 0 Å². The molecule has 2 amide bonds. The monoisotopic (exact) mass is 391 g/mol. The van der Waals surface area contributed by atoms with Gasteiger partial charge in [0.25, 0.3) is 0 Å². The molecule has 3 heterocycles. The molecule has 0 aromatic carbocycles. The van der Waals surface area contributed by atoms with Gasteiger partial charge in [-0.3, -0.25) is 9.59 Å². The van der Waals surface area contributed by atoms with Crippen molar-refractivity contribution in [3.05, 3.63) is 18.3 Å². The zero-order chi connectivity index (χ0) is 19.1. The van der Waals surface area contributed by atoms with Crippen molar-refractivity contribution < 1.29 is 9.59 Å². The number of aromatic nitrogens is 1. The number of anilines is 1. The fourth-order valence-corrected chi connectivity index (χ4v) is 4.25. The fourth-order valence-electron chi connectivity index (χ4n) is 3.37. The fraction of sp³-hybridized carbons (Fsp3) is 0.632. The predicted molar refractivity (Wildman–Crippen MR) is 108 cm³/mol. The van der Waals surface area contributed by atoms with Crippen LogP contribution >= 0.6 is 11.8 Å². The lowest BCUT2D eigenvalue weighted by molar-refractivity contribution is -0.121. The van der Waals surface area contributed by atoms with Gasteiger partial charge in [0, 0.05) is 51.9 Å². The Hall–Kier alpha value is -1.64. The zero-order valence-electron chi connectivity index (χ0n) is 16.0. The number of thioether (sulfide) groups is 1. The predicted octanol–water partition coefficient (Wildman–Crippen LogP) is 1.05. The Morgan fingerprint density at radius 1 is 1.22 bits per heavy atom. The van der Waals surface area contributed by atoms with E-state index >= 15 is 0 Å². The molecule has 0 aliphatic carbocycles. The number of fused-ring (bicyclic) bond motifs is 1. The van der Waals surface area contributed by atoms with Crippen molar-refractivity contribution in [2.45, 2.75) is 24.3 Å². The number of nitrogens with one attached hydrogen (secondary N) is 1. The molecule has 0 saturated carbocycles. The summed E-state index contributed by atoms with van der Waals surface area (Å²) in [5.41, 5.74) is 0.867. The van der Waals surface area contributed by atoms with E-state index in [1.165, 1.54) is 11.8 Å². The summed E-state index contributed by atoms with van der Waals surface area (Å²) in [6.45, 7) is 6.80. The van der Waals surface area contributed by atoms with Crippen molar-refractivity contribution >= 4 is 29.3 Å². The highest BCUT2D eigenvalue weighted by molar-refractivity contribution is 8.00. The maximum atomic E-state index is 12.2. The summed E-state index contributed by atoms with van der Waals surface area (Å²) in [5, 5.41) is 3.90. The third-order valence-electron chi connectivity index (χ3n) is 5.03. The van der Waals surface area contributed by atoms with Crippen LogP contribution in [-0.4, -0.2) is 85.2 Å². The maximum Gasteiger partial charge on any atom is 0.237 e. The molecule has 2 aliphatic rings. The summed E-state index contributed by atoms with van der Waals surface area (Å²) >= 11 is 1.48. The van der Waals surface area contributed by atoms with Gasteiger partial charge in [0.15, 0.2) is 0 Å². The Morgan fingerprint density at radius 3 is 2.85 bits per heavy atom. The minimum absolute atomic E-state index is 0.0682. The summed E-state index contributed by atoms with van der Waals surface area (Å²) in [6, 6.07) is 3.77. The van der Waals surface area contributed by atoms with Crippen LogP contribution in [0.2, 0.25) is 0 Å². The molecule has 2 aliphatic heterocycles. The first-order chi connectivity index (χ1) is 13.1. The molecule has 0 bridgehead atoms. The van der Waals surface area contributed by atoms with Gasteiger partial charge in [-0.15, -0.1) is 0 Å². The second-order valence-electron chi connectivity index (χ2n) is 7.11. The van der Waals surface area contributed by atoms with Gasteiger partial charge in [0.2, 0.25) is 11.8 Å². The highest BCUT2D eigenvalue weighted by Crippen LogP contribution is 2.33. The molecule has 8 heteroatoms. The van der Waals surface area contributed by atoms with Crippen molar-refractivity contribution in [2.24, 2.45) is 0 Å². The first kappa shape index (κ1) is 20.1. The average Bonchev–Trinajstić information content (AvgIpc) is 2.68. The van der Waals surface area contributed by atoms with Gasteiger partial charge in [0.05, 0.1) is 11.4 Å². The highest BCUT2D eigenvalue weighted by Gasteiger charge is 2.25. The topological polar surface area (TPSA) is 68.8 Å². The molecule has 1 aromatic rings. The van der Waals surface area contributed by atoms with Crippen LogP contribution < -0.4 is 10.2 Å². The smallest absolute Gasteiger partial charge is 0.237 e. The van der Waals surface area contributed by atoms with Crippen LogP contribution in [0.1, 0.15) is 19.3 Å². The van der Waals surface area contributed by atoms with Crippen LogP contribution in [-0.2, 0) is 9.59 Å².